The van der Waals surface area contributed by atoms with E-state index in [0.29, 0.717) is 21.6 Å². The fourth-order valence-corrected chi connectivity index (χ4v) is 3.45. The third kappa shape index (κ3) is 4.58. The van der Waals surface area contributed by atoms with Gasteiger partial charge in [0.05, 0.1) is 10.4 Å². The third-order valence-electron chi connectivity index (χ3n) is 4.53. The highest BCUT2D eigenvalue weighted by molar-refractivity contribution is 6.35. The second-order valence-electron chi connectivity index (χ2n) is 6.79. The number of aryl methyl sites for hydroxylation is 1. The van der Waals surface area contributed by atoms with Gasteiger partial charge in [-0.05, 0) is 37.3 Å². The van der Waals surface area contributed by atoms with Crippen LogP contribution in [0.4, 0.5) is 0 Å². The summed E-state index contributed by atoms with van der Waals surface area (Å²) in [5.74, 6) is -0.533. The summed E-state index contributed by atoms with van der Waals surface area (Å²) in [6.07, 6.45) is 0. The first-order valence-corrected chi connectivity index (χ1v) is 10.1. The molecule has 1 aromatic heterocycles. The highest BCUT2D eigenvalue weighted by atomic mass is 35.5. The van der Waals surface area contributed by atoms with Gasteiger partial charge in [-0.25, -0.2) is 4.79 Å². The number of carbonyl (C=O) groups is 1. The van der Waals surface area contributed by atoms with Crippen LogP contribution in [0.15, 0.2) is 75.9 Å². The minimum absolute atomic E-state index is 0.168. The van der Waals surface area contributed by atoms with E-state index in [1.165, 1.54) is 6.07 Å². The molecule has 0 radical (unpaired) electrons. The molecule has 1 heterocycles. The van der Waals surface area contributed by atoms with E-state index in [-0.39, 0.29) is 22.3 Å². The summed E-state index contributed by atoms with van der Waals surface area (Å²) in [6, 6.07) is 18.7. The fourth-order valence-electron chi connectivity index (χ4n) is 2.98. The lowest BCUT2D eigenvalue weighted by Crippen LogP contribution is -2.21. The molecule has 0 fully saturated rings. The maximum Gasteiger partial charge on any atom is 0.349 e. The van der Waals surface area contributed by atoms with Crippen molar-refractivity contribution in [2.24, 2.45) is 0 Å². The first-order chi connectivity index (χ1) is 14.9. The Morgan fingerprint density at radius 1 is 1.00 bits per heavy atom. The lowest BCUT2D eigenvalue weighted by atomic mass is 10.1. The van der Waals surface area contributed by atoms with Gasteiger partial charge in [0.1, 0.15) is 11.3 Å². The highest BCUT2D eigenvalue weighted by Crippen LogP contribution is 2.31. The molecule has 5 nitrogen and oxygen atoms in total. The molecule has 0 aliphatic rings. The summed E-state index contributed by atoms with van der Waals surface area (Å²) in [5.41, 5.74) is 1.60. The van der Waals surface area contributed by atoms with Gasteiger partial charge in [-0.1, -0.05) is 65.2 Å². The Morgan fingerprint density at radius 2 is 1.74 bits per heavy atom. The maximum atomic E-state index is 13.1. The van der Waals surface area contributed by atoms with E-state index < -0.39 is 18.0 Å². The summed E-state index contributed by atoms with van der Waals surface area (Å²) in [6.45, 7) is 1.49. The van der Waals surface area contributed by atoms with Gasteiger partial charge in [0, 0.05) is 10.6 Å². The molecule has 7 heteroatoms. The average molecular weight is 455 g/mol. The largest absolute Gasteiger partial charge is 0.480 e. The zero-order chi connectivity index (χ0) is 22.0. The van der Waals surface area contributed by atoms with E-state index >= 15 is 0 Å². The van der Waals surface area contributed by atoms with Crippen LogP contribution in [0.3, 0.4) is 0 Å². The Bertz CT molecular complexity index is 1330. The Morgan fingerprint density at radius 3 is 2.48 bits per heavy atom. The molecule has 0 unspecified atom stereocenters. The van der Waals surface area contributed by atoms with E-state index in [1.807, 2.05) is 19.1 Å². The van der Waals surface area contributed by atoms with Crippen LogP contribution in [0.5, 0.6) is 11.5 Å². The van der Waals surface area contributed by atoms with Gasteiger partial charge in [-0.3, -0.25) is 4.79 Å². The number of ether oxygens (including phenoxy) is 2. The van der Waals surface area contributed by atoms with Crippen molar-refractivity contribution in [3.8, 4) is 22.8 Å². The van der Waals surface area contributed by atoms with Crippen LogP contribution < -0.4 is 14.9 Å². The molecule has 0 amide bonds. The number of hydrogen-bond donors (Lipinski definition) is 0. The van der Waals surface area contributed by atoms with Crippen molar-refractivity contribution in [1.82, 2.24) is 0 Å². The van der Waals surface area contributed by atoms with Crippen LogP contribution in [-0.4, -0.2) is 12.6 Å². The van der Waals surface area contributed by atoms with E-state index in [0.717, 1.165) is 5.56 Å². The quantitative estimate of drug-likeness (QED) is 0.343. The molecule has 156 valence electrons. The van der Waals surface area contributed by atoms with Crippen molar-refractivity contribution in [2.75, 3.05) is 6.61 Å². The van der Waals surface area contributed by atoms with Crippen molar-refractivity contribution in [2.45, 2.75) is 6.92 Å². The summed E-state index contributed by atoms with van der Waals surface area (Å²) in [5, 5.41) is 1.00. The molecule has 4 aromatic rings. The van der Waals surface area contributed by atoms with Gasteiger partial charge in [0.25, 0.3) is 0 Å². The molecule has 0 saturated heterocycles. The fraction of sp³-hybridized carbons (Fsp3) is 0.0833. The van der Waals surface area contributed by atoms with Gasteiger partial charge in [0.15, 0.2) is 12.4 Å². The summed E-state index contributed by atoms with van der Waals surface area (Å²) in [7, 11) is 0. The lowest BCUT2D eigenvalue weighted by Gasteiger charge is -2.12. The number of rotatable bonds is 5. The normalized spacial score (nSPS) is 10.8. The molecule has 0 atom stereocenters. The predicted octanol–water partition coefficient (Wildman–Crippen LogP) is 6.06. The van der Waals surface area contributed by atoms with Crippen molar-refractivity contribution in [1.29, 1.82) is 0 Å². The molecular formula is C24H16Cl2O5. The molecule has 3 aromatic carbocycles. The Labute approximate surface area is 187 Å². The van der Waals surface area contributed by atoms with Gasteiger partial charge in [-0.15, -0.1) is 0 Å². The third-order valence-corrected chi connectivity index (χ3v) is 5.06. The van der Waals surface area contributed by atoms with Crippen LogP contribution in [0.25, 0.3) is 22.3 Å². The van der Waals surface area contributed by atoms with Crippen molar-refractivity contribution in [3.05, 3.63) is 92.6 Å². The Hall–Kier alpha value is -3.28. The molecule has 0 bridgehead atoms. The van der Waals surface area contributed by atoms with Crippen molar-refractivity contribution < 1.29 is 18.7 Å². The Kier molecular flexibility index (Phi) is 5.98. The van der Waals surface area contributed by atoms with E-state index in [4.69, 9.17) is 37.1 Å². The molecule has 0 aliphatic carbocycles. The highest BCUT2D eigenvalue weighted by Gasteiger charge is 2.21. The summed E-state index contributed by atoms with van der Waals surface area (Å²) < 4.78 is 16.8. The number of benzene rings is 3. The second kappa shape index (κ2) is 8.84. The molecule has 0 aliphatic heterocycles. The molecule has 4 rings (SSSR count). The molecule has 0 N–H and O–H groups in total. The van der Waals surface area contributed by atoms with Gasteiger partial charge >= 0.3 is 5.97 Å². The number of carbonyl (C=O) groups excluding carboxylic acids is 1. The monoisotopic (exact) mass is 454 g/mol. The topological polar surface area (TPSA) is 65.7 Å². The number of para-hydroxylation sites is 1. The van der Waals surface area contributed by atoms with E-state index in [1.54, 1.807) is 48.5 Å². The van der Waals surface area contributed by atoms with Crippen molar-refractivity contribution in [3.63, 3.8) is 0 Å². The molecule has 31 heavy (non-hydrogen) atoms. The van der Waals surface area contributed by atoms with Crippen LogP contribution >= 0.6 is 23.2 Å². The maximum absolute atomic E-state index is 13.1. The lowest BCUT2D eigenvalue weighted by molar-refractivity contribution is -0.136. The molecular weight excluding hydrogens is 439 g/mol. The zero-order valence-corrected chi connectivity index (χ0v) is 17.9. The first kappa shape index (κ1) is 21.0. The van der Waals surface area contributed by atoms with Crippen LogP contribution in [0.2, 0.25) is 10.0 Å². The van der Waals surface area contributed by atoms with Gasteiger partial charge < -0.3 is 13.9 Å². The number of hydrogen-bond acceptors (Lipinski definition) is 5. The van der Waals surface area contributed by atoms with Crippen LogP contribution in [0.1, 0.15) is 5.56 Å². The summed E-state index contributed by atoms with van der Waals surface area (Å²) in [4.78, 5) is 25.6. The Balaban J connectivity index is 1.67. The van der Waals surface area contributed by atoms with Crippen LogP contribution in [0, 0.1) is 6.92 Å². The van der Waals surface area contributed by atoms with E-state index in [9.17, 15) is 9.59 Å². The molecule has 0 saturated carbocycles. The smallest absolute Gasteiger partial charge is 0.349 e. The molecule has 0 spiro atoms. The van der Waals surface area contributed by atoms with Gasteiger partial charge in [-0.2, -0.15) is 0 Å². The van der Waals surface area contributed by atoms with E-state index in [2.05, 4.69) is 0 Å². The first-order valence-electron chi connectivity index (χ1n) is 9.34. The standard InChI is InChI=1S/C24H16Cl2O5/c1-14-6-8-15(9-7-14)23-24(22(28)17-4-2-3-5-19(17)30-23)31-21(27)13-29-20-11-10-16(25)12-18(20)26/h2-12H,13H2,1H3. The number of fused-ring (bicyclic) bond motifs is 1. The second-order valence-corrected chi connectivity index (χ2v) is 7.63. The minimum atomic E-state index is -0.776. The number of halogens is 2. The predicted molar refractivity (Wildman–Crippen MR) is 120 cm³/mol. The minimum Gasteiger partial charge on any atom is -0.480 e. The zero-order valence-electron chi connectivity index (χ0n) is 16.4. The average Bonchev–Trinajstić information content (AvgIpc) is 2.75. The summed E-state index contributed by atoms with van der Waals surface area (Å²) >= 11 is 11.9. The van der Waals surface area contributed by atoms with Crippen LogP contribution in [-0.2, 0) is 4.79 Å². The SMILES string of the molecule is Cc1ccc(-c2oc3ccccc3c(=O)c2OC(=O)COc2ccc(Cl)cc2Cl)cc1. The van der Waals surface area contributed by atoms with Gasteiger partial charge in [0.2, 0.25) is 11.2 Å². The number of esters is 1. The van der Waals surface area contributed by atoms with Crippen molar-refractivity contribution >= 4 is 40.1 Å².